The highest BCUT2D eigenvalue weighted by Gasteiger charge is 2.30. The summed E-state index contributed by atoms with van der Waals surface area (Å²) in [5, 5.41) is 14.1. The molecule has 114 valence electrons. The standard InChI is InChI=1S/C15H15N3O3S/c1-9-13(8-10-2-6-12(7-3-10)18(20)21)22-15(16-9)17-14(19)11-4-5-11/h2-3,6-7,11H,4-5,8H2,1H3,(H,16,17,19). The van der Waals surface area contributed by atoms with Crippen LogP contribution in [0.3, 0.4) is 0 Å². The van der Waals surface area contributed by atoms with Crippen molar-refractivity contribution in [2.75, 3.05) is 5.32 Å². The minimum atomic E-state index is -0.409. The highest BCUT2D eigenvalue weighted by atomic mass is 32.1. The van der Waals surface area contributed by atoms with E-state index < -0.39 is 4.92 Å². The van der Waals surface area contributed by atoms with Crippen LogP contribution in [0.1, 0.15) is 29.0 Å². The maximum absolute atomic E-state index is 11.7. The van der Waals surface area contributed by atoms with Gasteiger partial charge in [0.25, 0.3) is 5.69 Å². The van der Waals surface area contributed by atoms with Crippen molar-refractivity contribution in [2.45, 2.75) is 26.2 Å². The predicted molar refractivity (Wildman–Crippen MR) is 84.1 cm³/mol. The number of nitro groups is 1. The highest BCUT2D eigenvalue weighted by molar-refractivity contribution is 7.15. The van der Waals surface area contributed by atoms with E-state index in [1.807, 2.05) is 6.92 Å². The van der Waals surface area contributed by atoms with Crippen LogP contribution >= 0.6 is 11.3 Å². The Labute approximate surface area is 131 Å². The van der Waals surface area contributed by atoms with E-state index in [0.717, 1.165) is 29.0 Å². The molecule has 1 aliphatic carbocycles. The molecule has 0 radical (unpaired) electrons. The van der Waals surface area contributed by atoms with Gasteiger partial charge in [-0.15, -0.1) is 11.3 Å². The zero-order chi connectivity index (χ0) is 15.7. The summed E-state index contributed by atoms with van der Waals surface area (Å²) >= 11 is 1.46. The molecule has 6 nitrogen and oxygen atoms in total. The number of thiazole rings is 1. The van der Waals surface area contributed by atoms with E-state index in [1.54, 1.807) is 12.1 Å². The first-order chi connectivity index (χ1) is 10.5. The Morgan fingerprint density at radius 3 is 2.68 bits per heavy atom. The van der Waals surface area contributed by atoms with Gasteiger partial charge in [0.2, 0.25) is 5.91 Å². The topological polar surface area (TPSA) is 85.1 Å². The average Bonchev–Trinajstić information content (AvgIpc) is 3.27. The van der Waals surface area contributed by atoms with Crippen LogP contribution < -0.4 is 5.32 Å². The fourth-order valence-electron chi connectivity index (χ4n) is 2.12. The third kappa shape index (κ3) is 3.30. The van der Waals surface area contributed by atoms with Gasteiger partial charge in [0.05, 0.1) is 10.6 Å². The molecular weight excluding hydrogens is 302 g/mol. The summed E-state index contributed by atoms with van der Waals surface area (Å²) in [5.41, 5.74) is 1.95. The Bertz CT molecular complexity index is 720. The summed E-state index contributed by atoms with van der Waals surface area (Å²) in [6, 6.07) is 6.50. The van der Waals surface area contributed by atoms with Crippen molar-refractivity contribution in [3.63, 3.8) is 0 Å². The molecule has 1 heterocycles. The average molecular weight is 317 g/mol. The molecule has 1 amide bonds. The van der Waals surface area contributed by atoms with Crippen molar-refractivity contribution >= 4 is 28.1 Å². The number of amides is 1. The third-order valence-corrected chi connectivity index (χ3v) is 4.66. The van der Waals surface area contributed by atoms with Crippen molar-refractivity contribution < 1.29 is 9.72 Å². The first-order valence-corrected chi connectivity index (χ1v) is 7.85. The molecule has 3 rings (SSSR count). The van der Waals surface area contributed by atoms with Crippen molar-refractivity contribution in [3.8, 4) is 0 Å². The van der Waals surface area contributed by atoms with Gasteiger partial charge < -0.3 is 5.32 Å². The van der Waals surface area contributed by atoms with Crippen LogP contribution in [0.4, 0.5) is 10.8 Å². The molecule has 1 saturated carbocycles. The lowest BCUT2D eigenvalue weighted by molar-refractivity contribution is -0.384. The number of carbonyl (C=O) groups excluding carboxylic acids is 1. The van der Waals surface area contributed by atoms with Crippen molar-refractivity contribution in [1.82, 2.24) is 4.98 Å². The summed E-state index contributed by atoms with van der Waals surface area (Å²) in [6.45, 7) is 1.91. The molecular formula is C15H15N3O3S. The monoisotopic (exact) mass is 317 g/mol. The second-order valence-corrected chi connectivity index (χ2v) is 6.48. The van der Waals surface area contributed by atoms with Crippen LogP contribution in [0.5, 0.6) is 0 Å². The molecule has 0 unspecified atom stereocenters. The molecule has 0 saturated heterocycles. The van der Waals surface area contributed by atoms with E-state index in [-0.39, 0.29) is 17.5 Å². The molecule has 1 aromatic heterocycles. The first-order valence-electron chi connectivity index (χ1n) is 7.03. The summed E-state index contributed by atoms with van der Waals surface area (Å²) < 4.78 is 0. The first kappa shape index (κ1) is 14.6. The molecule has 0 spiro atoms. The number of hydrogen-bond donors (Lipinski definition) is 1. The molecule has 0 bridgehead atoms. The Morgan fingerprint density at radius 2 is 2.09 bits per heavy atom. The fraction of sp³-hybridized carbons (Fsp3) is 0.333. The second kappa shape index (κ2) is 5.84. The van der Waals surface area contributed by atoms with E-state index in [2.05, 4.69) is 10.3 Å². The fourth-order valence-corrected chi connectivity index (χ4v) is 3.12. The smallest absolute Gasteiger partial charge is 0.269 e. The van der Waals surface area contributed by atoms with Gasteiger partial charge in [-0.25, -0.2) is 4.98 Å². The number of carbonyl (C=O) groups is 1. The zero-order valence-electron chi connectivity index (χ0n) is 12.0. The van der Waals surface area contributed by atoms with Gasteiger partial charge in [-0.05, 0) is 25.3 Å². The number of rotatable bonds is 5. The van der Waals surface area contributed by atoms with Crippen LogP contribution in [0.15, 0.2) is 24.3 Å². The Hall–Kier alpha value is -2.28. The van der Waals surface area contributed by atoms with E-state index >= 15 is 0 Å². The molecule has 0 aliphatic heterocycles. The Morgan fingerprint density at radius 1 is 1.41 bits per heavy atom. The van der Waals surface area contributed by atoms with Crippen LogP contribution in [0.2, 0.25) is 0 Å². The number of nitro benzene ring substituents is 1. The Balaban J connectivity index is 1.70. The van der Waals surface area contributed by atoms with Gasteiger partial charge >= 0.3 is 0 Å². The number of non-ortho nitro benzene ring substituents is 1. The summed E-state index contributed by atoms with van der Waals surface area (Å²) in [6.07, 6.45) is 2.58. The largest absolute Gasteiger partial charge is 0.302 e. The molecule has 22 heavy (non-hydrogen) atoms. The van der Waals surface area contributed by atoms with E-state index in [0.29, 0.717) is 11.6 Å². The molecule has 1 N–H and O–H groups in total. The summed E-state index contributed by atoms with van der Waals surface area (Å²) in [5.74, 6) is 0.206. The van der Waals surface area contributed by atoms with Crippen LogP contribution in [0, 0.1) is 23.0 Å². The number of hydrogen-bond acceptors (Lipinski definition) is 5. The van der Waals surface area contributed by atoms with Crippen molar-refractivity contribution in [2.24, 2.45) is 5.92 Å². The minimum absolute atomic E-state index is 0.0515. The van der Waals surface area contributed by atoms with E-state index in [1.165, 1.54) is 23.5 Å². The number of nitrogens with zero attached hydrogens (tertiary/aromatic N) is 2. The molecule has 2 aromatic rings. The molecule has 1 fully saturated rings. The zero-order valence-corrected chi connectivity index (χ0v) is 12.9. The number of aryl methyl sites for hydroxylation is 1. The number of nitrogens with one attached hydrogen (secondary N) is 1. The highest BCUT2D eigenvalue weighted by Crippen LogP contribution is 2.32. The van der Waals surface area contributed by atoms with E-state index in [4.69, 9.17) is 0 Å². The lowest BCUT2D eigenvalue weighted by Crippen LogP contribution is -2.12. The predicted octanol–water partition coefficient (Wildman–Crippen LogP) is 3.30. The van der Waals surface area contributed by atoms with Gasteiger partial charge in [0, 0.05) is 29.3 Å². The van der Waals surface area contributed by atoms with E-state index in [9.17, 15) is 14.9 Å². The second-order valence-electron chi connectivity index (χ2n) is 5.39. The SMILES string of the molecule is Cc1nc(NC(=O)C2CC2)sc1Cc1ccc([N+](=O)[O-])cc1. The molecule has 0 atom stereocenters. The van der Waals surface area contributed by atoms with Crippen LogP contribution in [-0.4, -0.2) is 15.8 Å². The van der Waals surface area contributed by atoms with Gasteiger partial charge in [0.1, 0.15) is 0 Å². The maximum atomic E-state index is 11.7. The van der Waals surface area contributed by atoms with Crippen LogP contribution in [0.25, 0.3) is 0 Å². The van der Waals surface area contributed by atoms with Gasteiger partial charge in [-0.3, -0.25) is 14.9 Å². The van der Waals surface area contributed by atoms with Crippen LogP contribution in [-0.2, 0) is 11.2 Å². The molecule has 1 aromatic carbocycles. The van der Waals surface area contributed by atoms with Gasteiger partial charge in [0.15, 0.2) is 5.13 Å². The number of anilines is 1. The normalized spacial score (nSPS) is 13.9. The lowest BCUT2D eigenvalue weighted by Gasteiger charge is -1.99. The number of aromatic nitrogens is 1. The third-order valence-electron chi connectivity index (χ3n) is 3.58. The quantitative estimate of drug-likeness (QED) is 0.677. The Kier molecular flexibility index (Phi) is 3.89. The number of benzene rings is 1. The summed E-state index contributed by atoms with van der Waals surface area (Å²) in [4.78, 5) is 27.4. The molecule has 7 heteroatoms. The minimum Gasteiger partial charge on any atom is -0.302 e. The maximum Gasteiger partial charge on any atom is 0.269 e. The van der Waals surface area contributed by atoms with Gasteiger partial charge in [-0.1, -0.05) is 12.1 Å². The van der Waals surface area contributed by atoms with Gasteiger partial charge in [-0.2, -0.15) is 0 Å². The summed E-state index contributed by atoms with van der Waals surface area (Å²) in [7, 11) is 0. The lowest BCUT2D eigenvalue weighted by atomic mass is 10.1. The van der Waals surface area contributed by atoms with Crippen molar-refractivity contribution in [3.05, 3.63) is 50.5 Å². The molecule has 1 aliphatic rings. The van der Waals surface area contributed by atoms with Crippen molar-refractivity contribution in [1.29, 1.82) is 0 Å².